The van der Waals surface area contributed by atoms with Gasteiger partial charge in [0.25, 0.3) is 0 Å². The van der Waals surface area contributed by atoms with Crippen molar-refractivity contribution in [3.8, 4) is 11.3 Å². The number of rotatable bonds is 2. The van der Waals surface area contributed by atoms with Crippen LogP contribution < -0.4 is 4.90 Å². The summed E-state index contributed by atoms with van der Waals surface area (Å²) in [5.74, 6) is 0.943. The third-order valence-corrected chi connectivity index (χ3v) is 5.14. The normalized spacial score (nSPS) is 17.1. The van der Waals surface area contributed by atoms with Gasteiger partial charge in [0.05, 0.1) is 29.6 Å². The van der Waals surface area contributed by atoms with Gasteiger partial charge in [-0.15, -0.1) is 5.10 Å². The zero-order chi connectivity index (χ0) is 18.6. The number of hydrogen-bond donors (Lipinski definition) is 1. The molecule has 0 atom stereocenters. The van der Waals surface area contributed by atoms with Crippen LogP contribution in [0.5, 0.6) is 0 Å². The van der Waals surface area contributed by atoms with Crippen LogP contribution in [0.1, 0.15) is 19.5 Å². The van der Waals surface area contributed by atoms with Crippen molar-refractivity contribution < 1.29 is 4.74 Å². The van der Waals surface area contributed by atoms with Crippen LogP contribution in [0.25, 0.3) is 27.8 Å². The fraction of sp³-hybridized carbons (Fsp3) is 0.350. The molecule has 0 saturated carbocycles. The second kappa shape index (κ2) is 5.79. The van der Waals surface area contributed by atoms with Crippen LogP contribution in [0.15, 0.2) is 36.5 Å². The highest BCUT2D eigenvalue weighted by Gasteiger charge is 2.28. The van der Waals surface area contributed by atoms with Gasteiger partial charge in [-0.25, -0.2) is 9.50 Å². The number of ether oxygens (including phenoxy) is 1. The largest absolute Gasteiger partial charge is 0.372 e. The van der Waals surface area contributed by atoms with E-state index in [1.807, 2.05) is 35.8 Å². The number of aryl methyl sites for hydroxylation is 1. The topological polar surface area (TPSA) is 71.3 Å². The lowest BCUT2D eigenvalue weighted by atomic mass is 10.1. The number of fused-ring (bicyclic) bond motifs is 2. The molecule has 1 aromatic carbocycles. The maximum absolute atomic E-state index is 5.83. The van der Waals surface area contributed by atoms with Gasteiger partial charge >= 0.3 is 0 Å². The molecular formula is C20H22N6O. The molecule has 0 aliphatic carbocycles. The minimum absolute atomic E-state index is 0.170. The Morgan fingerprint density at radius 2 is 2.07 bits per heavy atom. The van der Waals surface area contributed by atoms with Crippen LogP contribution in [-0.4, -0.2) is 50.1 Å². The summed E-state index contributed by atoms with van der Waals surface area (Å²) < 4.78 is 7.75. The Labute approximate surface area is 157 Å². The van der Waals surface area contributed by atoms with Crippen molar-refractivity contribution in [2.45, 2.75) is 26.4 Å². The molecule has 4 heterocycles. The average molecular weight is 362 g/mol. The summed E-state index contributed by atoms with van der Waals surface area (Å²) in [6.45, 7) is 8.62. The number of aromatic amines is 1. The van der Waals surface area contributed by atoms with Crippen molar-refractivity contribution in [3.63, 3.8) is 0 Å². The summed E-state index contributed by atoms with van der Waals surface area (Å²) in [4.78, 5) is 6.81. The molecule has 27 heavy (non-hydrogen) atoms. The SMILES string of the molecule is Cc1[nH]nc2ccc(-c3cnc4ccc(N5CCOC(C)(C)C5)nn34)cc12. The van der Waals surface area contributed by atoms with E-state index in [9.17, 15) is 0 Å². The van der Waals surface area contributed by atoms with Crippen molar-refractivity contribution in [2.75, 3.05) is 24.6 Å². The van der Waals surface area contributed by atoms with Gasteiger partial charge in [0.1, 0.15) is 5.82 Å². The number of nitrogens with one attached hydrogen (secondary N) is 1. The highest BCUT2D eigenvalue weighted by molar-refractivity contribution is 5.86. The van der Waals surface area contributed by atoms with Crippen molar-refractivity contribution in [1.82, 2.24) is 24.8 Å². The minimum Gasteiger partial charge on any atom is -0.372 e. The predicted molar refractivity (Wildman–Crippen MR) is 105 cm³/mol. The number of imidazole rings is 1. The Kier molecular flexibility index (Phi) is 3.48. The maximum atomic E-state index is 5.83. The molecule has 1 fully saturated rings. The molecule has 4 aromatic rings. The standard InChI is InChI=1S/C20H22N6O/c1-13-15-10-14(4-5-16(15)23-22-13)17-11-21-18-6-7-19(24-26(17)18)25-8-9-27-20(2,3)12-25/h4-7,10-11H,8-9,12H2,1-3H3,(H,22,23). The fourth-order valence-electron chi connectivity index (χ4n) is 3.74. The predicted octanol–water partition coefficient (Wildman–Crippen LogP) is 3.20. The number of H-pyrrole nitrogens is 1. The van der Waals surface area contributed by atoms with Gasteiger partial charge in [-0.3, -0.25) is 5.10 Å². The Morgan fingerprint density at radius 3 is 2.93 bits per heavy atom. The molecule has 0 radical (unpaired) electrons. The van der Waals surface area contributed by atoms with Gasteiger partial charge in [0.15, 0.2) is 5.65 Å². The molecule has 1 N–H and O–H groups in total. The van der Waals surface area contributed by atoms with Crippen LogP contribution >= 0.6 is 0 Å². The highest BCUT2D eigenvalue weighted by Crippen LogP contribution is 2.27. The molecule has 0 unspecified atom stereocenters. The second-order valence-corrected chi connectivity index (χ2v) is 7.72. The Bertz CT molecular complexity index is 1140. The monoisotopic (exact) mass is 362 g/mol. The molecule has 7 nitrogen and oxygen atoms in total. The Hall–Kier alpha value is -2.93. The number of hydrogen-bond acceptors (Lipinski definition) is 5. The smallest absolute Gasteiger partial charge is 0.154 e. The molecule has 1 saturated heterocycles. The van der Waals surface area contributed by atoms with Crippen LogP contribution in [-0.2, 0) is 4.74 Å². The summed E-state index contributed by atoms with van der Waals surface area (Å²) in [6.07, 6.45) is 1.88. The van der Waals surface area contributed by atoms with Gasteiger partial charge in [0, 0.05) is 29.7 Å². The van der Waals surface area contributed by atoms with Crippen molar-refractivity contribution in [2.24, 2.45) is 0 Å². The van der Waals surface area contributed by atoms with Crippen LogP contribution in [0.4, 0.5) is 5.82 Å². The van der Waals surface area contributed by atoms with E-state index >= 15 is 0 Å². The van der Waals surface area contributed by atoms with Crippen LogP contribution in [0.3, 0.4) is 0 Å². The van der Waals surface area contributed by atoms with Crippen molar-refractivity contribution >= 4 is 22.4 Å². The van der Waals surface area contributed by atoms with Gasteiger partial charge in [-0.2, -0.15) is 5.10 Å². The van der Waals surface area contributed by atoms with Gasteiger partial charge < -0.3 is 9.64 Å². The third-order valence-electron chi connectivity index (χ3n) is 5.14. The molecule has 138 valence electrons. The highest BCUT2D eigenvalue weighted by atomic mass is 16.5. The van der Waals surface area contributed by atoms with E-state index < -0.39 is 0 Å². The number of morpholine rings is 1. The Balaban J connectivity index is 1.59. The average Bonchev–Trinajstić information content (AvgIpc) is 3.24. The zero-order valence-electron chi connectivity index (χ0n) is 15.7. The molecule has 1 aliphatic rings. The number of aromatic nitrogens is 5. The van der Waals surface area contributed by atoms with Crippen LogP contribution in [0.2, 0.25) is 0 Å². The lowest BCUT2D eigenvalue weighted by Crippen LogP contribution is -2.48. The van der Waals surface area contributed by atoms with E-state index in [4.69, 9.17) is 9.84 Å². The minimum atomic E-state index is -0.170. The summed E-state index contributed by atoms with van der Waals surface area (Å²) in [5.41, 5.74) is 4.74. The first kappa shape index (κ1) is 16.3. The molecule has 5 rings (SSSR count). The molecule has 0 bridgehead atoms. The summed E-state index contributed by atoms with van der Waals surface area (Å²) >= 11 is 0. The van der Waals surface area contributed by atoms with E-state index in [1.165, 1.54) is 0 Å². The molecule has 0 amide bonds. The van der Waals surface area contributed by atoms with Gasteiger partial charge in [-0.1, -0.05) is 6.07 Å². The van der Waals surface area contributed by atoms with Crippen molar-refractivity contribution in [3.05, 3.63) is 42.2 Å². The molecule has 1 aliphatic heterocycles. The van der Waals surface area contributed by atoms with E-state index in [0.29, 0.717) is 6.61 Å². The first-order chi connectivity index (χ1) is 13.0. The first-order valence-corrected chi connectivity index (χ1v) is 9.19. The third kappa shape index (κ3) is 2.75. The Morgan fingerprint density at radius 1 is 1.19 bits per heavy atom. The summed E-state index contributed by atoms with van der Waals surface area (Å²) in [7, 11) is 0. The quantitative estimate of drug-likeness (QED) is 0.593. The fourth-order valence-corrected chi connectivity index (χ4v) is 3.74. The summed E-state index contributed by atoms with van der Waals surface area (Å²) in [5, 5.41) is 13.4. The second-order valence-electron chi connectivity index (χ2n) is 7.72. The van der Waals surface area contributed by atoms with Gasteiger partial charge in [-0.05, 0) is 45.0 Å². The molecule has 0 spiro atoms. The lowest BCUT2D eigenvalue weighted by molar-refractivity contribution is -0.0279. The van der Waals surface area contributed by atoms with E-state index in [-0.39, 0.29) is 5.60 Å². The zero-order valence-corrected chi connectivity index (χ0v) is 15.7. The lowest BCUT2D eigenvalue weighted by Gasteiger charge is -2.38. The molecule has 7 heteroatoms. The van der Waals surface area contributed by atoms with E-state index in [2.05, 4.69) is 46.1 Å². The van der Waals surface area contributed by atoms with Crippen molar-refractivity contribution in [1.29, 1.82) is 0 Å². The number of nitrogens with zero attached hydrogens (tertiary/aromatic N) is 5. The maximum Gasteiger partial charge on any atom is 0.154 e. The first-order valence-electron chi connectivity index (χ1n) is 9.19. The summed E-state index contributed by atoms with van der Waals surface area (Å²) in [6, 6.07) is 10.3. The molecular weight excluding hydrogens is 340 g/mol. The van der Waals surface area contributed by atoms with E-state index in [0.717, 1.165) is 52.4 Å². The van der Waals surface area contributed by atoms with Gasteiger partial charge in [0.2, 0.25) is 0 Å². The van der Waals surface area contributed by atoms with Crippen LogP contribution in [0, 0.1) is 6.92 Å². The van der Waals surface area contributed by atoms with E-state index in [1.54, 1.807) is 0 Å². The number of anilines is 1. The number of benzene rings is 1. The molecule has 3 aromatic heterocycles.